The molecule has 0 saturated carbocycles. The third kappa shape index (κ3) is 27.3. The standard InChI is InChI=1S/C36H44N4.2C13H8NS.C11H6F2N.3C5H8O2.3Ir.Pt/c1-9-21-22(10-2)30-18-32-25(13-5)26(14-6)34(39-32)20-36-28(16-8)27(15-7)35(40-36)19-33-24(12-4)23(11-3)31(38-33)17-29(21)37-30;1-2-7-12-10(5-1)9-13(15-12)11-6-3-4-8-14-11;1-2-6-10(7-3-1)13-14-11-8-4-5-9-12(11)15-13;12-8-4-5-9(10(13)7-8)11-3-1-2-6-14-11;3*1-4(6)3-5(2)7;;;;/h17-20H,9-16H2,1-8H3;1-8H;1-6,8-9H;1-4,6-7H;3*3,6H,1-2H3;;;;/q-2;3*-1;;;;;;;+2. The van der Waals surface area contributed by atoms with E-state index in [0.29, 0.717) is 5.69 Å². The Morgan fingerprint density at radius 3 is 1.18 bits per heavy atom. The van der Waals surface area contributed by atoms with E-state index in [1.807, 2.05) is 72.9 Å². The number of para-hydroxylation sites is 1. The molecule has 4 aromatic carbocycles. The van der Waals surface area contributed by atoms with Crippen LogP contribution in [0.5, 0.6) is 0 Å². The van der Waals surface area contributed by atoms with Crippen molar-refractivity contribution in [2.45, 2.75) is 148 Å². The molecule has 0 amide bonds. The summed E-state index contributed by atoms with van der Waals surface area (Å²) in [5, 5.41) is 27.3. The molecule has 2 aliphatic rings. The molecule has 0 atom stereocenters. The first-order valence-corrected chi connectivity index (χ1v) is 36.8. The Bertz CT molecular complexity index is 4680. The van der Waals surface area contributed by atoms with E-state index < -0.39 is 11.6 Å². The number of nitrogens with zero attached hydrogens (tertiary/aromatic N) is 7. The first-order chi connectivity index (χ1) is 50.5. The first kappa shape index (κ1) is 95.0. The molecule has 0 fully saturated rings. The molecule has 0 spiro atoms. The van der Waals surface area contributed by atoms with Gasteiger partial charge < -0.3 is 35.3 Å². The molecule has 0 saturated heterocycles. The number of carbonyl (C=O) groups is 3. The average molecular weight is 2220 g/mol. The van der Waals surface area contributed by atoms with Gasteiger partial charge in [0, 0.05) is 118 Å². The van der Waals surface area contributed by atoms with Crippen LogP contribution in [0, 0.1) is 29.8 Å². The van der Waals surface area contributed by atoms with E-state index in [1.54, 1.807) is 47.1 Å². The van der Waals surface area contributed by atoms with E-state index in [9.17, 15) is 23.2 Å². The third-order valence-electron chi connectivity index (χ3n) is 16.3. The molecule has 9 heterocycles. The SMILES string of the molecule is CC(=O)C=C(C)O.CC(=O)C=C(C)O.CC(=O)C=C(C)O.CCC1=C(CC)c2cc3[n-]c(cc4nc(cc5[n-]c(cc1n2)c(CC)c5CC)C(CC)=C4CC)c(CC)c3CC.Fc1c[c-]c(-c2ccccn2)c(F)c1.[Ir].[Ir].[Ir].[Pt+2].[c-]1c(-c2ccccn2)sc2ccccc12.[c-]1ccccc1-c1nc2ccccc2s1. The van der Waals surface area contributed by atoms with Crippen LogP contribution in [0.3, 0.4) is 0 Å². The van der Waals surface area contributed by atoms with Gasteiger partial charge in [-0.1, -0.05) is 162 Å². The van der Waals surface area contributed by atoms with Crippen LogP contribution in [0.1, 0.15) is 168 Å². The molecule has 3 radical (unpaired) electrons. The van der Waals surface area contributed by atoms with Crippen molar-refractivity contribution in [3.8, 4) is 32.4 Å². The average Bonchev–Trinajstić information content (AvgIpc) is 1.62. The van der Waals surface area contributed by atoms with E-state index in [1.165, 1.54) is 119 Å². The van der Waals surface area contributed by atoms with E-state index in [4.69, 9.17) is 35.3 Å². The summed E-state index contributed by atoms with van der Waals surface area (Å²) in [5.41, 5.74) is 22.9. The maximum atomic E-state index is 13.2. The Hall–Kier alpha value is -8.24. The molecule has 0 aliphatic carbocycles. The number of halogens is 2. The molecule has 11 aromatic rings. The fourth-order valence-electron chi connectivity index (χ4n) is 12.0. The molecular weight excluding hydrogens is 2120 g/mol. The topological polar surface area (TPSA) is 205 Å². The summed E-state index contributed by atoms with van der Waals surface area (Å²) in [6, 6.07) is 55.4. The summed E-state index contributed by atoms with van der Waals surface area (Å²) in [6.07, 6.45) is 14.5. The van der Waals surface area contributed by atoms with Gasteiger partial charge >= 0.3 is 21.1 Å². The summed E-state index contributed by atoms with van der Waals surface area (Å²) in [6.45, 7) is 26.5. The largest absolute Gasteiger partial charge is 2.00 e. The number of hydrogen-bond acceptors (Lipinski definition) is 13. The van der Waals surface area contributed by atoms with Crippen LogP contribution in [0.15, 0.2) is 193 Å². The van der Waals surface area contributed by atoms with E-state index in [-0.39, 0.29) is 122 Å². The fraction of sp³-hybridized carbons (Fsp3) is 0.250. The van der Waals surface area contributed by atoms with Crippen molar-refractivity contribution in [3.63, 3.8) is 0 Å². The second-order valence-electron chi connectivity index (χ2n) is 24.2. The van der Waals surface area contributed by atoms with Crippen molar-refractivity contribution in [2.75, 3.05) is 0 Å². The number of aryl methyl sites for hydroxylation is 4. The maximum Gasteiger partial charge on any atom is 2.00 e. The van der Waals surface area contributed by atoms with Gasteiger partial charge in [-0.15, -0.1) is 93.7 Å². The maximum absolute atomic E-state index is 13.2. The Balaban J connectivity index is 0.000000370. The van der Waals surface area contributed by atoms with Crippen LogP contribution in [-0.4, -0.2) is 57.6 Å². The second kappa shape index (κ2) is 47.7. The predicted octanol–water partition coefficient (Wildman–Crippen LogP) is 22.7. The van der Waals surface area contributed by atoms with Gasteiger partial charge in [0.05, 0.1) is 45.6 Å². The Morgan fingerprint density at radius 1 is 0.450 bits per heavy atom. The molecule has 2 aliphatic heterocycles. The number of aromatic nitrogens is 7. The van der Waals surface area contributed by atoms with Gasteiger partial charge in [-0.25, -0.2) is 21.3 Å². The minimum atomic E-state index is -0.649. The minimum Gasteiger partial charge on any atom is -0.657 e. The van der Waals surface area contributed by atoms with Crippen LogP contribution in [-0.2, 0) is 121 Å². The second-order valence-corrected chi connectivity index (χ2v) is 26.3. The molecule has 3 N–H and O–H groups in total. The van der Waals surface area contributed by atoms with Crippen LogP contribution in [0.25, 0.3) is 97.1 Å². The van der Waals surface area contributed by atoms with E-state index in [2.05, 4.69) is 137 Å². The van der Waals surface area contributed by atoms with Crippen molar-refractivity contribution in [1.82, 2.24) is 34.9 Å². The van der Waals surface area contributed by atoms with Crippen molar-refractivity contribution in [3.05, 3.63) is 268 Å². The Labute approximate surface area is 702 Å². The Kier molecular flexibility index (Phi) is 41.6. The summed E-state index contributed by atoms with van der Waals surface area (Å²) in [4.78, 5) is 65.0. The predicted molar refractivity (Wildman–Crippen MR) is 429 cm³/mol. The number of fused-ring (bicyclic) bond motifs is 10. The smallest absolute Gasteiger partial charge is 0.657 e. The number of aliphatic hydroxyl groups excluding tert-OH is 3. The molecule has 8 bridgehead atoms. The number of thiazole rings is 1. The van der Waals surface area contributed by atoms with Crippen molar-refractivity contribution in [2.24, 2.45) is 0 Å². The monoisotopic (exact) mass is 2220 g/mol. The molecule has 7 aromatic heterocycles. The number of carbonyl (C=O) groups excluding carboxylic acids is 3. The number of thiophene rings is 1. The van der Waals surface area contributed by atoms with E-state index >= 15 is 0 Å². The summed E-state index contributed by atoms with van der Waals surface area (Å²) < 4.78 is 28.3. The normalized spacial score (nSPS) is 11.4. The first-order valence-electron chi connectivity index (χ1n) is 35.2. The number of allylic oxidation sites excluding steroid dienone is 10. The molecule has 13 rings (SSSR count). The Morgan fingerprint density at radius 2 is 0.844 bits per heavy atom. The van der Waals surface area contributed by atoms with Crippen LogP contribution >= 0.6 is 22.7 Å². The molecule has 579 valence electrons. The zero-order valence-corrected chi connectivity index (χ0v) is 74.6. The quantitative estimate of drug-likeness (QED) is 0.0527. The van der Waals surface area contributed by atoms with Gasteiger partial charge in [-0.3, -0.25) is 28.1 Å². The minimum absolute atomic E-state index is 0. The summed E-state index contributed by atoms with van der Waals surface area (Å²) >= 11 is 3.44. The van der Waals surface area contributed by atoms with Gasteiger partial charge in [-0.05, 0) is 155 Å². The van der Waals surface area contributed by atoms with Crippen molar-refractivity contribution >= 4 is 105 Å². The van der Waals surface area contributed by atoms with Gasteiger partial charge in [0.1, 0.15) is 0 Å². The van der Waals surface area contributed by atoms with Crippen LogP contribution < -0.4 is 9.97 Å². The van der Waals surface area contributed by atoms with Gasteiger partial charge in [0.15, 0.2) is 17.3 Å². The summed E-state index contributed by atoms with van der Waals surface area (Å²) in [5.74, 6) is -1.47. The van der Waals surface area contributed by atoms with Crippen LogP contribution in [0.4, 0.5) is 8.78 Å². The van der Waals surface area contributed by atoms with E-state index in [0.717, 1.165) is 135 Å². The van der Waals surface area contributed by atoms with Crippen molar-refractivity contribution < 1.29 is 120 Å². The number of rotatable bonds is 14. The van der Waals surface area contributed by atoms with Crippen LogP contribution in [0.2, 0.25) is 0 Å². The van der Waals surface area contributed by atoms with Gasteiger partial charge in [0.25, 0.3) is 0 Å². The zero-order chi connectivity index (χ0) is 76.3. The number of benzene rings is 4. The van der Waals surface area contributed by atoms with Gasteiger partial charge in [-0.2, -0.15) is 11.3 Å². The van der Waals surface area contributed by atoms with Gasteiger partial charge in [0.2, 0.25) is 0 Å². The zero-order valence-electron chi connectivity index (χ0n) is 63.5. The number of aliphatic hydroxyl groups is 3. The third-order valence-corrected chi connectivity index (χ3v) is 18.5. The fourth-order valence-corrected chi connectivity index (χ4v) is 13.9. The molecule has 21 heteroatoms. The molecular formula is C88H90F2Ir3N7O6PtS2-3. The summed E-state index contributed by atoms with van der Waals surface area (Å²) in [7, 11) is 0. The number of hydrogen-bond donors (Lipinski definition) is 3. The number of pyridine rings is 2. The molecule has 109 heavy (non-hydrogen) atoms. The molecule has 13 nitrogen and oxygen atoms in total. The number of ketones is 3. The van der Waals surface area contributed by atoms with Crippen molar-refractivity contribution in [1.29, 1.82) is 0 Å². The molecule has 0 unspecified atom stereocenters.